The van der Waals surface area contributed by atoms with E-state index < -0.39 is 7.12 Å². The number of aromatic nitrogens is 2. The Hall–Kier alpha value is -2.63. The number of hydrogen-bond donors (Lipinski definition) is 4. The average Bonchev–Trinajstić information content (AvgIpc) is 2.38. The zero-order valence-corrected chi connectivity index (χ0v) is 9.78. The van der Waals surface area contributed by atoms with Crippen LogP contribution < -0.4 is 16.9 Å². The van der Waals surface area contributed by atoms with Crippen molar-refractivity contribution in [1.82, 2.24) is 9.97 Å². The van der Waals surface area contributed by atoms with Gasteiger partial charge in [-0.25, -0.2) is 4.98 Å². The molecule has 94 valence electrons. The molecule has 0 atom stereocenters. The molecule has 0 aliphatic heterocycles. The van der Waals surface area contributed by atoms with Gasteiger partial charge in [0.15, 0.2) is 0 Å². The molecule has 0 unspecified atom stereocenters. The minimum Gasteiger partial charge on any atom is -0.423 e. The molecule has 0 aliphatic carbocycles. The first kappa shape index (κ1) is 12.8. The van der Waals surface area contributed by atoms with E-state index in [9.17, 15) is 0 Å². The van der Waals surface area contributed by atoms with Crippen molar-refractivity contribution in [2.24, 2.45) is 0 Å². The van der Waals surface area contributed by atoms with Gasteiger partial charge in [0.1, 0.15) is 17.5 Å². The number of anilines is 2. The number of rotatable bonds is 2. The van der Waals surface area contributed by atoms with E-state index in [1.165, 1.54) is 12.1 Å². The first-order valence-electron chi connectivity index (χ1n) is 5.32. The number of hydrogen-bond acceptors (Lipinski definition) is 7. The summed E-state index contributed by atoms with van der Waals surface area (Å²) in [5.41, 5.74) is 12.5. The van der Waals surface area contributed by atoms with E-state index in [1.54, 1.807) is 12.1 Å². The van der Waals surface area contributed by atoms with Crippen molar-refractivity contribution < 1.29 is 10.0 Å². The Morgan fingerprint density at radius 3 is 2.26 bits per heavy atom. The zero-order valence-electron chi connectivity index (χ0n) is 9.78. The van der Waals surface area contributed by atoms with Gasteiger partial charge < -0.3 is 21.5 Å². The summed E-state index contributed by atoms with van der Waals surface area (Å²) < 4.78 is 0. The largest absolute Gasteiger partial charge is 0.488 e. The molecular weight excluding hydrogens is 245 g/mol. The smallest absolute Gasteiger partial charge is 0.423 e. The molecule has 0 radical (unpaired) electrons. The molecule has 2 aromatic rings. The first-order chi connectivity index (χ1) is 9.02. The number of nitrogens with zero attached hydrogens (tertiary/aromatic N) is 3. The lowest BCUT2D eigenvalue weighted by molar-refractivity contribution is 0.426. The van der Waals surface area contributed by atoms with Crippen LogP contribution in [0.3, 0.4) is 0 Å². The normalized spacial score (nSPS) is 9.95. The van der Waals surface area contributed by atoms with Crippen molar-refractivity contribution in [3.05, 3.63) is 29.8 Å². The summed E-state index contributed by atoms with van der Waals surface area (Å²) in [4.78, 5) is 7.71. The van der Waals surface area contributed by atoms with Crippen molar-refractivity contribution in [2.45, 2.75) is 0 Å². The molecule has 1 aromatic heterocycles. The van der Waals surface area contributed by atoms with Gasteiger partial charge in [0.05, 0.1) is 5.69 Å². The summed E-state index contributed by atoms with van der Waals surface area (Å²) >= 11 is 0. The van der Waals surface area contributed by atoms with Crippen molar-refractivity contribution >= 4 is 24.3 Å². The van der Waals surface area contributed by atoms with E-state index in [0.717, 1.165) is 0 Å². The van der Waals surface area contributed by atoms with Crippen LogP contribution in [-0.2, 0) is 0 Å². The molecule has 1 heterocycles. The van der Waals surface area contributed by atoms with E-state index in [1.807, 2.05) is 6.07 Å². The molecule has 8 heteroatoms. The molecule has 0 bridgehead atoms. The zero-order chi connectivity index (χ0) is 14.0. The third-order valence-electron chi connectivity index (χ3n) is 2.55. The van der Waals surface area contributed by atoms with Crippen LogP contribution in [0.4, 0.5) is 11.8 Å². The third kappa shape index (κ3) is 2.47. The second kappa shape index (κ2) is 4.93. The summed E-state index contributed by atoms with van der Waals surface area (Å²) in [6.45, 7) is 0. The molecule has 0 fully saturated rings. The van der Waals surface area contributed by atoms with Crippen molar-refractivity contribution in [2.75, 3.05) is 11.5 Å². The Labute approximate surface area is 109 Å². The van der Waals surface area contributed by atoms with E-state index in [4.69, 9.17) is 26.8 Å². The van der Waals surface area contributed by atoms with Crippen LogP contribution in [-0.4, -0.2) is 27.1 Å². The quantitative estimate of drug-likeness (QED) is 0.496. The lowest BCUT2D eigenvalue weighted by Crippen LogP contribution is -2.29. The Morgan fingerprint density at radius 1 is 1.11 bits per heavy atom. The molecule has 6 N–H and O–H groups in total. The lowest BCUT2D eigenvalue weighted by atomic mass is 9.80. The number of nitrogen functional groups attached to an aromatic ring is 2. The molecule has 7 nitrogen and oxygen atoms in total. The van der Waals surface area contributed by atoms with Crippen LogP contribution in [0.2, 0.25) is 0 Å². The third-order valence-corrected chi connectivity index (χ3v) is 2.55. The maximum Gasteiger partial charge on any atom is 0.488 e. The lowest BCUT2D eigenvalue weighted by Gasteiger charge is -2.07. The SMILES string of the molecule is N#Cc1c(N)nc(N)nc1-c1ccc(B(O)O)cc1. The van der Waals surface area contributed by atoms with Gasteiger partial charge in [0.25, 0.3) is 0 Å². The van der Waals surface area contributed by atoms with Crippen molar-refractivity contribution in [3.8, 4) is 17.3 Å². The summed E-state index contributed by atoms with van der Waals surface area (Å²) in [6.07, 6.45) is 0. The van der Waals surface area contributed by atoms with E-state index in [2.05, 4.69) is 9.97 Å². The Kier molecular flexibility index (Phi) is 3.33. The minimum absolute atomic E-state index is 0.0104. The van der Waals surface area contributed by atoms with Crippen LogP contribution >= 0.6 is 0 Å². The summed E-state index contributed by atoms with van der Waals surface area (Å²) in [5, 5.41) is 27.1. The van der Waals surface area contributed by atoms with Gasteiger partial charge >= 0.3 is 7.12 Å². The van der Waals surface area contributed by atoms with E-state index in [-0.39, 0.29) is 17.3 Å². The predicted octanol–water partition coefficient (Wildman–Crippen LogP) is -1.14. The molecule has 2 rings (SSSR count). The van der Waals surface area contributed by atoms with Gasteiger partial charge in [-0.1, -0.05) is 24.3 Å². The van der Waals surface area contributed by atoms with Gasteiger partial charge in [-0.3, -0.25) is 0 Å². The molecular formula is C11H10BN5O2. The summed E-state index contributed by atoms with van der Waals surface area (Å²) in [7, 11) is -1.55. The summed E-state index contributed by atoms with van der Waals surface area (Å²) in [6, 6.07) is 8.13. The number of nitrogens with two attached hydrogens (primary N) is 2. The molecule has 1 aromatic carbocycles. The highest BCUT2D eigenvalue weighted by Gasteiger charge is 2.15. The Morgan fingerprint density at radius 2 is 1.74 bits per heavy atom. The highest BCUT2D eigenvalue weighted by atomic mass is 16.4. The second-order valence-electron chi connectivity index (χ2n) is 3.80. The first-order valence-corrected chi connectivity index (χ1v) is 5.32. The Balaban J connectivity index is 2.56. The maximum absolute atomic E-state index is 9.06. The second-order valence-corrected chi connectivity index (χ2v) is 3.80. The standard InChI is InChI=1S/C11H10BN5O2/c13-5-8-9(16-11(15)17-10(8)14)6-1-3-7(4-2-6)12(18)19/h1-4,18-19H,(H4,14,15,16,17). The highest BCUT2D eigenvalue weighted by molar-refractivity contribution is 6.58. The fourth-order valence-electron chi connectivity index (χ4n) is 1.63. The van der Waals surface area contributed by atoms with Crippen LogP contribution in [0.25, 0.3) is 11.3 Å². The molecule has 0 aliphatic rings. The van der Waals surface area contributed by atoms with Gasteiger partial charge in [0.2, 0.25) is 5.95 Å². The van der Waals surface area contributed by atoms with Crippen molar-refractivity contribution in [3.63, 3.8) is 0 Å². The van der Waals surface area contributed by atoms with Gasteiger partial charge in [-0.15, -0.1) is 0 Å². The molecule has 0 saturated heterocycles. The van der Waals surface area contributed by atoms with E-state index in [0.29, 0.717) is 16.7 Å². The van der Waals surface area contributed by atoms with Crippen LogP contribution in [0.5, 0.6) is 0 Å². The monoisotopic (exact) mass is 255 g/mol. The predicted molar refractivity (Wildman–Crippen MR) is 70.8 cm³/mol. The number of benzene rings is 1. The molecule has 0 amide bonds. The fraction of sp³-hybridized carbons (Fsp3) is 0. The fourth-order valence-corrected chi connectivity index (χ4v) is 1.63. The van der Waals surface area contributed by atoms with Crippen LogP contribution in [0.1, 0.15) is 5.56 Å². The van der Waals surface area contributed by atoms with Crippen LogP contribution in [0.15, 0.2) is 24.3 Å². The van der Waals surface area contributed by atoms with E-state index >= 15 is 0 Å². The van der Waals surface area contributed by atoms with Crippen molar-refractivity contribution in [1.29, 1.82) is 5.26 Å². The molecule has 19 heavy (non-hydrogen) atoms. The van der Waals surface area contributed by atoms with Crippen LogP contribution in [0, 0.1) is 11.3 Å². The van der Waals surface area contributed by atoms with Gasteiger partial charge in [-0.05, 0) is 5.46 Å². The Bertz CT molecular complexity index is 651. The molecule has 0 saturated carbocycles. The highest BCUT2D eigenvalue weighted by Crippen LogP contribution is 2.24. The van der Waals surface area contributed by atoms with Gasteiger partial charge in [-0.2, -0.15) is 10.2 Å². The topological polar surface area (TPSA) is 142 Å². The number of nitriles is 1. The average molecular weight is 255 g/mol. The minimum atomic E-state index is -1.55. The summed E-state index contributed by atoms with van der Waals surface area (Å²) in [5.74, 6) is -0.0194. The molecule has 0 spiro atoms. The van der Waals surface area contributed by atoms with Gasteiger partial charge in [0, 0.05) is 5.56 Å². The maximum atomic E-state index is 9.06.